The molecule has 90 valence electrons. The summed E-state index contributed by atoms with van der Waals surface area (Å²) in [5.41, 5.74) is 1.68. The average Bonchev–Trinajstić information content (AvgIpc) is 2.25. The Bertz CT molecular complexity index is 297. The van der Waals surface area contributed by atoms with E-state index in [1.807, 2.05) is 0 Å². The van der Waals surface area contributed by atoms with Crippen molar-refractivity contribution in [3.63, 3.8) is 0 Å². The molecule has 0 saturated carbocycles. The molecule has 0 bridgehead atoms. The molecule has 2 unspecified atom stereocenters. The predicted molar refractivity (Wildman–Crippen MR) is 71.5 cm³/mol. The molecule has 0 aliphatic rings. The Hall–Kier alpha value is -0.820. The molecule has 16 heavy (non-hydrogen) atoms. The highest BCUT2D eigenvalue weighted by molar-refractivity contribution is 5.18. The summed E-state index contributed by atoms with van der Waals surface area (Å²) in [4.78, 5) is 0. The summed E-state index contributed by atoms with van der Waals surface area (Å²) < 4.78 is 0. The lowest BCUT2D eigenvalue weighted by atomic mass is 9.84. The second-order valence-electron chi connectivity index (χ2n) is 5.63. The molecule has 1 N–H and O–H groups in total. The van der Waals surface area contributed by atoms with Gasteiger partial charge in [-0.1, -0.05) is 58.0 Å². The van der Waals surface area contributed by atoms with Crippen LogP contribution in [0.3, 0.4) is 0 Å². The summed E-state index contributed by atoms with van der Waals surface area (Å²) in [5, 5.41) is 3.72. The Morgan fingerprint density at radius 1 is 1.12 bits per heavy atom. The zero-order valence-corrected chi connectivity index (χ0v) is 11.2. The van der Waals surface area contributed by atoms with E-state index < -0.39 is 0 Å². The van der Waals surface area contributed by atoms with Crippen LogP contribution >= 0.6 is 0 Å². The fourth-order valence-corrected chi connectivity index (χ4v) is 2.12. The van der Waals surface area contributed by atoms with Crippen LogP contribution in [0.1, 0.15) is 52.6 Å². The van der Waals surface area contributed by atoms with Crippen molar-refractivity contribution in [2.45, 2.75) is 53.1 Å². The molecule has 0 radical (unpaired) electrons. The van der Waals surface area contributed by atoms with Crippen LogP contribution in [0.5, 0.6) is 0 Å². The van der Waals surface area contributed by atoms with Gasteiger partial charge in [0.2, 0.25) is 0 Å². The van der Waals surface area contributed by atoms with Crippen molar-refractivity contribution in [2.24, 2.45) is 5.41 Å². The largest absolute Gasteiger partial charge is 0.307 e. The number of rotatable bonds is 4. The van der Waals surface area contributed by atoms with Crippen LogP contribution < -0.4 is 5.32 Å². The first-order valence-electron chi connectivity index (χ1n) is 6.26. The van der Waals surface area contributed by atoms with E-state index in [1.165, 1.54) is 12.0 Å². The third-order valence-electron chi connectivity index (χ3n) is 3.20. The fourth-order valence-electron chi connectivity index (χ4n) is 2.12. The highest BCUT2D eigenvalue weighted by atomic mass is 15.0. The van der Waals surface area contributed by atoms with Crippen LogP contribution in [-0.4, -0.2) is 6.04 Å². The molecule has 0 aliphatic carbocycles. The van der Waals surface area contributed by atoms with Crippen LogP contribution in [-0.2, 0) is 0 Å². The van der Waals surface area contributed by atoms with Gasteiger partial charge in [0.1, 0.15) is 0 Å². The molecular formula is C15H25N. The maximum atomic E-state index is 3.72. The molecule has 1 heteroatoms. The Labute approximate surface area is 100 Å². The Morgan fingerprint density at radius 3 is 2.12 bits per heavy atom. The molecule has 0 fully saturated rings. The molecule has 0 heterocycles. The van der Waals surface area contributed by atoms with E-state index in [0.29, 0.717) is 17.5 Å². The van der Waals surface area contributed by atoms with Crippen LogP contribution in [0, 0.1) is 5.41 Å². The van der Waals surface area contributed by atoms with Crippen molar-refractivity contribution >= 4 is 0 Å². The van der Waals surface area contributed by atoms with Gasteiger partial charge in [-0.25, -0.2) is 0 Å². The summed E-state index contributed by atoms with van der Waals surface area (Å²) in [5.74, 6) is 0. The second-order valence-corrected chi connectivity index (χ2v) is 5.63. The molecule has 1 rings (SSSR count). The Balaban J connectivity index is 2.67. The summed E-state index contributed by atoms with van der Waals surface area (Å²) in [6.45, 7) is 11.4. The van der Waals surface area contributed by atoms with E-state index in [1.54, 1.807) is 0 Å². The van der Waals surface area contributed by atoms with Crippen LogP contribution in [0.15, 0.2) is 30.3 Å². The molecule has 0 aliphatic heterocycles. The van der Waals surface area contributed by atoms with Gasteiger partial charge in [-0.15, -0.1) is 0 Å². The molecule has 1 nitrogen and oxygen atoms in total. The number of hydrogen-bond acceptors (Lipinski definition) is 1. The zero-order chi connectivity index (χ0) is 12.2. The lowest BCUT2D eigenvalue weighted by Gasteiger charge is -2.33. The maximum absolute atomic E-state index is 3.72. The minimum absolute atomic E-state index is 0.317. The Morgan fingerprint density at radius 2 is 1.69 bits per heavy atom. The summed E-state index contributed by atoms with van der Waals surface area (Å²) in [6.07, 6.45) is 1.17. The third-order valence-corrected chi connectivity index (χ3v) is 3.20. The monoisotopic (exact) mass is 219 g/mol. The SMILES string of the molecule is CCC(NC(C)c1ccccc1)C(C)(C)C. The molecule has 1 aromatic rings. The van der Waals surface area contributed by atoms with E-state index in [0.717, 1.165) is 0 Å². The standard InChI is InChI=1S/C15H25N/c1-6-14(15(3,4)5)16-12(2)13-10-8-7-9-11-13/h7-12,14,16H,6H2,1-5H3. The van der Waals surface area contributed by atoms with Crippen molar-refractivity contribution < 1.29 is 0 Å². The van der Waals surface area contributed by atoms with Crippen LogP contribution in [0.2, 0.25) is 0 Å². The van der Waals surface area contributed by atoms with E-state index >= 15 is 0 Å². The van der Waals surface area contributed by atoms with E-state index in [2.05, 4.69) is 70.3 Å². The topological polar surface area (TPSA) is 12.0 Å². The molecular weight excluding hydrogens is 194 g/mol. The van der Waals surface area contributed by atoms with Crippen molar-refractivity contribution in [3.05, 3.63) is 35.9 Å². The van der Waals surface area contributed by atoms with Gasteiger partial charge in [0.15, 0.2) is 0 Å². The summed E-state index contributed by atoms with van der Waals surface area (Å²) in [6, 6.07) is 11.6. The lowest BCUT2D eigenvalue weighted by molar-refractivity contribution is 0.244. The van der Waals surface area contributed by atoms with Gasteiger partial charge in [-0.2, -0.15) is 0 Å². The van der Waals surface area contributed by atoms with Gasteiger partial charge in [-0.05, 0) is 24.3 Å². The van der Waals surface area contributed by atoms with Gasteiger partial charge in [0, 0.05) is 12.1 Å². The predicted octanol–water partition coefficient (Wildman–Crippen LogP) is 4.16. The first kappa shape index (κ1) is 13.2. The van der Waals surface area contributed by atoms with Crippen LogP contribution in [0.4, 0.5) is 0 Å². The maximum Gasteiger partial charge on any atom is 0.0294 e. The van der Waals surface area contributed by atoms with E-state index in [9.17, 15) is 0 Å². The van der Waals surface area contributed by atoms with Gasteiger partial charge in [-0.3, -0.25) is 0 Å². The normalized spacial score (nSPS) is 15.8. The van der Waals surface area contributed by atoms with Crippen molar-refractivity contribution in [3.8, 4) is 0 Å². The smallest absolute Gasteiger partial charge is 0.0294 e. The van der Waals surface area contributed by atoms with E-state index in [-0.39, 0.29) is 0 Å². The van der Waals surface area contributed by atoms with Gasteiger partial charge in [0.25, 0.3) is 0 Å². The fraction of sp³-hybridized carbons (Fsp3) is 0.600. The molecule has 0 spiro atoms. The summed E-state index contributed by atoms with van der Waals surface area (Å²) >= 11 is 0. The van der Waals surface area contributed by atoms with Gasteiger partial charge < -0.3 is 5.32 Å². The van der Waals surface area contributed by atoms with E-state index in [4.69, 9.17) is 0 Å². The molecule has 0 amide bonds. The number of benzene rings is 1. The molecule has 0 saturated heterocycles. The van der Waals surface area contributed by atoms with Crippen molar-refractivity contribution in [1.82, 2.24) is 5.32 Å². The highest BCUT2D eigenvalue weighted by Crippen LogP contribution is 2.24. The molecule has 1 aromatic carbocycles. The first-order chi connectivity index (χ1) is 7.45. The minimum atomic E-state index is 0.317. The minimum Gasteiger partial charge on any atom is -0.307 e. The zero-order valence-electron chi connectivity index (χ0n) is 11.2. The lowest BCUT2D eigenvalue weighted by Crippen LogP contribution is -2.41. The van der Waals surface area contributed by atoms with Gasteiger partial charge in [0.05, 0.1) is 0 Å². The van der Waals surface area contributed by atoms with Gasteiger partial charge >= 0.3 is 0 Å². The quantitative estimate of drug-likeness (QED) is 0.801. The third kappa shape index (κ3) is 3.64. The Kier molecular flexibility index (Phi) is 4.55. The molecule has 0 aromatic heterocycles. The highest BCUT2D eigenvalue weighted by Gasteiger charge is 2.24. The molecule has 2 atom stereocenters. The second kappa shape index (κ2) is 5.49. The van der Waals surface area contributed by atoms with Crippen molar-refractivity contribution in [1.29, 1.82) is 0 Å². The first-order valence-corrected chi connectivity index (χ1v) is 6.26. The van der Waals surface area contributed by atoms with Crippen LogP contribution in [0.25, 0.3) is 0 Å². The summed E-state index contributed by atoms with van der Waals surface area (Å²) in [7, 11) is 0. The average molecular weight is 219 g/mol. The number of hydrogen-bond donors (Lipinski definition) is 1. The van der Waals surface area contributed by atoms with Crippen molar-refractivity contribution in [2.75, 3.05) is 0 Å². The number of nitrogens with one attached hydrogen (secondary N) is 1.